The number of para-hydroxylation sites is 1. The van der Waals surface area contributed by atoms with Crippen molar-refractivity contribution in [3.8, 4) is 5.75 Å². The van der Waals surface area contributed by atoms with Crippen LogP contribution >= 0.6 is 0 Å². The van der Waals surface area contributed by atoms with Gasteiger partial charge in [-0.05, 0) is 12.1 Å². The minimum absolute atomic E-state index is 0.0335. The summed E-state index contributed by atoms with van der Waals surface area (Å²) < 4.78 is 10.6. The van der Waals surface area contributed by atoms with Gasteiger partial charge in [-0.25, -0.2) is 0 Å². The molecular formula is C16H22N2O9. The molecule has 1 aromatic carbocycles. The first kappa shape index (κ1) is 21.0. The number of aliphatic hydroxyl groups is 4. The molecule has 9 N–H and O–H groups in total. The van der Waals surface area contributed by atoms with E-state index in [2.05, 4.69) is 0 Å². The van der Waals surface area contributed by atoms with E-state index in [0.29, 0.717) is 0 Å². The standard InChI is InChI=1S/C16H22N2O9/c17-7(15(24)25)4-8(20)6-2-1-3-9(11(6)18)26-16-14(23)13(22)12(21)10(5-19)27-16/h1-3,7,10,12-14,16,19,21-23H,4-5,17-18H2,(H,24,25). The minimum Gasteiger partial charge on any atom is -0.480 e. The number of benzene rings is 1. The molecule has 1 heterocycles. The van der Waals surface area contributed by atoms with Gasteiger partial charge in [-0.3, -0.25) is 9.59 Å². The fourth-order valence-corrected chi connectivity index (χ4v) is 2.58. The normalized spacial score (nSPS) is 29.1. The summed E-state index contributed by atoms with van der Waals surface area (Å²) in [6.45, 7) is -0.633. The number of hydrogen-bond donors (Lipinski definition) is 7. The van der Waals surface area contributed by atoms with Crippen LogP contribution < -0.4 is 16.2 Å². The highest BCUT2D eigenvalue weighted by Gasteiger charge is 2.44. The molecule has 150 valence electrons. The van der Waals surface area contributed by atoms with E-state index in [1.807, 2.05) is 0 Å². The first-order chi connectivity index (χ1) is 12.7. The molecule has 1 aliphatic rings. The Morgan fingerprint density at radius 1 is 1.19 bits per heavy atom. The van der Waals surface area contributed by atoms with Crippen LogP contribution in [0, 0.1) is 0 Å². The Labute approximate surface area is 153 Å². The molecule has 1 aliphatic heterocycles. The van der Waals surface area contributed by atoms with Crippen molar-refractivity contribution in [1.29, 1.82) is 0 Å². The fraction of sp³-hybridized carbons (Fsp3) is 0.500. The van der Waals surface area contributed by atoms with Crippen LogP contribution in [-0.4, -0.2) is 80.6 Å². The van der Waals surface area contributed by atoms with E-state index in [1.54, 1.807) is 0 Å². The lowest BCUT2D eigenvalue weighted by Gasteiger charge is -2.39. The number of rotatable bonds is 7. The van der Waals surface area contributed by atoms with Crippen molar-refractivity contribution >= 4 is 17.4 Å². The monoisotopic (exact) mass is 386 g/mol. The summed E-state index contributed by atoms with van der Waals surface area (Å²) in [6.07, 6.45) is -7.97. The number of carbonyl (C=O) groups is 2. The number of nitrogens with two attached hydrogens (primary N) is 2. The summed E-state index contributed by atoms with van der Waals surface area (Å²) in [5.74, 6) is -2.04. The van der Waals surface area contributed by atoms with E-state index in [0.717, 1.165) is 0 Å². The fourth-order valence-electron chi connectivity index (χ4n) is 2.58. The summed E-state index contributed by atoms with van der Waals surface area (Å²) in [7, 11) is 0. The van der Waals surface area contributed by atoms with Gasteiger partial charge < -0.3 is 46.5 Å². The van der Waals surface area contributed by atoms with Crippen molar-refractivity contribution in [1.82, 2.24) is 0 Å². The maximum Gasteiger partial charge on any atom is 0.320 e. The number of nitrogen functional groups attached to an aromatic ring is 1. The molecule has 0 saturated carbocycles. The smallest absolute Gasteiger partial charge is 0.320 e. The van der Waals surface area contributed by atoms with Gasteiger partial charge in [0.1, 0.15) is 36.2 Å². The first-order valence-electron chi connectivity index (χ1n) is 8.04. The maximum absolute atomic E-state index is 12.2. The van der Waals surface area contributed by atoms with Gasteiger partial charge in [0.05, 0.1) is 12.3 Å². The second kappa shape index (κ2) is 8.61. The molecule has 6 atom stereocenters. The number of carboxylic acids is 1. The minimum atomic E-state index is -1.65. The zero-order valence-corrected chi connectivity index (χ0v) is 14.1. The Morgan fingerprint density at radius 3 is 2.44 bits per heavy atom. The lowest BCUT2D eigenvalue weighted by atomic mass is 9.99. The topological polar surface area (TPSA) is 206 Å². The third-order valence-corrected chi connectivity index (χ3v) is 4.18. The number of hydrogen-bond acceptors (Lipinski definition) is 10. The van der Waals surface area contributed by atoms with Crippen molar-refractivity contribution < 1.29 is 44.6 Å². The van der Waals surface area contributed by atoms with Crippen LogP contribution in [0.3, 0.4) is 0 Å². The number of aliphatic hydroxyl groups excluding tert-OH is 4. The first-order valence-corrected chi connectivity index (χ1v) is 8.04. The average molecular weight is 386 g/mol. The molecule has 0 aliphatic carbocycles. The lowest BCUT2D eigenvalue weighted by molar-refractivity contribution is -0.277. The summed E-state index contributed by atoms with van der Waals surface area (Å²) in [5, 5.41) is 47.5. The summed E-state index contributed by atoms with van der Waals surface area (Å²) >= 11 is 0. The quantitative estimate of drug-likeness (QED) is 0.191. The number of aliphatic carboxylic acids is 1. The van der Waals surface area contributed by atoms with Crippen molar-refractivity contribution in [3.05, 3.63) is 23.8 Å². The summed E-state index contributed by atoms with van der Waals surface area (Å²) in [5.41, 5.74) is 11.1. The van der Waals surface area contributed by atoms with E-state index in [9.17, 15) is 30.0 Å². The van der Waals surface area contributed by atoms with Crippen LogP contribution in [0.2, 0.25) is 0 Å². The van der Waals surface area contributed by atoms with Gasteiger partial charge in [-0.2, -0.15) is 0 Å². The van der Waals surface area contributed by atoms with Crippen molar-refractivity contribution in [2.75, 3.05) is 12.3 Å². The van der Waals surface area contributed by atoms with E-state index < -0.39 is 61.5 Å². The SMILES string of the molecule is Nc1c(OC2OC(CO)C(O)C(O)C2O)cccc1C(=O)CC(N)C(=O)O. The summed E-state index contributed by atoms with van der Waals surface area (Å²) in [4.78, 5) is 23.0. The van der Waals surface area contributed by atoms with E-state index >= 15 is 0 Å². The van der Waals surface area contributed by atoms with Crippen LogP contribution in [-0.2, 0) is 9.53 Å². The molecular weight excluding hydrogens is 364 g/mol. The zero-order valence-electron chi connectivity index (χ0n) is 14.1. The molecule has 0 radical (unpaired) electrons. The highest BCUT2D eigenvalue weighted by Crippen LogP contribution is 2.30. The van der Waals surface area contributed by atoms with E-state index in [4.69, 9.17) is 26.0 Å². The number of ether oxygens (including phenoxy) is 2. The van der Waals surface area contributed by atoms with Gasteiger partial charge in [0.25, 0.3) is 0 Å². The molecule has 1 fully saturated rings. The summed E-state index contributed by atoms with van der Waals surface area (Å²) in [6, 6.07) is 2.73. The van der Waals surface area contributed by atoms with Gasteiger partial charge in [0.15, 0.2) is 5.78 Å². The van der Waals surface area contributed by atoms with Crippen LogP contribution in [0.25, 0.3) is 0 Å². The Morgan fingerprint density at radius 2 is 1.85 bits per heavy atom. The zero-order chi connectivity index (χ0) is 20.3. The molecule has 6 unspecified atom stereocenters. The Hall–Kier alpha value is -2.28. The molecule has 0 aromatic heterocycles. The van der Waals surface area contributed by atoms with Crippen LogP contribution in [0.15, 0.2) is 18.2 Å². The van der Waals surface area contributed by atoms with Crippen LogP contribution in [0.5, 0.6) is 5.75 Å². The largest absolute Gasteiger partial charge is 0.480 e. The van der Waals surface area contributed by atoms with Crippen LogP contribution in [0.4, 0.5) is 5.69 Å². The van der Waals surface area contributed by atoms with Gasteiger partial charge in [0.2, 0.25) is 6.29 Å². The number of carbonyl (C=O) groups excluding carboxylic acids is 1. The van der Waals surface area contributed by atoms with Crippen LogP contribution in [0.1, 0.15) is 16.8 Å². The van der Waals surface area contributed by atoms with Gasteiger partial charge in [-0.1, -0.05) is 6.07 Å². The predicted octanol–water partition coefficient (Wildman–Crippen LogP) is -2.57. The molecule has 11 nitrogen and oxygen atoms in total. The van der Waals surface area contributed by atoms with E-state index in [1.165, 1.54) is 18.2 Å². The Balaban J connectivity index is 2.20. The molecule has 2 rings (SSSR count). The predicted molar refractivity (Wildman–Crippen MR) is 89.8 cm³/mol. The van der Waals surface area contributed by atoms with E-state index in [-0.39, 0.29) is 17.0 Å². The molecule has 1 saturated heterocycles. The molecule has 11 heteroatoms. The second-order valence-electron chi connectivity index (χ2n) is 6.10. The van der Waals surface area contributed by atoms with Crippen molar-refractivity contribution in [2.45, 2.75) is 43.2 Å². The lowest BCUT2D eigenvalue weighted by Crippen LogP contribution is -2.60. The second-order valence-corrected chi connectivity index (χ2v) is 6.10. The van der Waals surface area contributed by atoms with Crippen molar-refractivity contribution in [3.63, 3.8) is 0 Å². The molecule has 27 heavy (non-hydrogen) atoms. The molecule has 0 bridgehead atoms. The number of Topliss-reactive ketones (excluding diaryl/α,β-unsaturated/α-hetero) is 1. The number of ketones is 1. The number of anilines is 1. The Kier molecular flexibility index (Phi) is 6.70. The highest BCUT2D eigenvalue weighted by molar-refractivity contribution is 6.03. The highest BCUT2D eigenvalue weighted by atomic mass is 16.7. The van der Waals surface area contributed by atoms with Gasteiger partial charge >= 0.3 is 5.97 Å². The average Bonchev–Trinajstić information content (AvgIpc) is 2.63. The van der Waals surface area contributed by atoms with Gasteiger partial charge in [-0.15, -0.1) is 0 Å². The van der Waals surface area contributed by atoms with Gasteiger partial charge in [0, 0.05) is 12.0 Å². The maximum atomic E-state index is 12.2. The molecule has 0 spiro atoms. The third-order valence-electron chi connectivity index (χ3n) is 4.18. The number of carboxylic acid groups (broad SMARTS) is 1. The van der Waals surface area contributed by atoms with Crippen molar-refractivity contribution in [2.24, 2.45) is 5.73 Å². The Bertz CT molecular complexity index is 696. The molecule has 0 amide bonds. The third kappa shape index (κ3) is 4.53. The molecule has 1 aromatic rings.